The first-order valence-corrected chi connectivity index (χ1v) is 6.22. The molecule has 0 bridgehead atoms. The number of hydrogen-bond acceptors (Lipinski definition) is 5. The molecule has 1 aliphatic rings. The van der Waals surface area contributed by atoms with Gasteiger partial charge in [-0.3, -0.25) is 4.90 Å². The molecule has 0 radical (unpaired) electrons. The lowest BCUT2D eigenvalue weighted by Crippen LogP contribution is -2.49. The first-order chi connectivity index (χ1) is 8.09. The summed E-state index contributed by atoms with van der Waals surface area (Å²) in [4.78, 5) is 12.7. The van der Waals surface area contributed by atoms with Crippen LogP contribution in [0.25, 0.3) is 0 Å². The van der Waals surface area contributed by atoms with E-state index in [0.29, 0.717) is 16.9 Å². The minimum atomic E-state index is 0.335. The summed E-state index contributed by atoms with van der Waals surface area (Å²) >= 11 is 5.90. The van der Waals surface area contributed by atoms with Gasteiger partial charge in [-0.25, -0.2) is 9.97 Å². The van der Waals surface area contributed by atoms with Crippen LogP contribution in [0.5, 0.6) is 0 Å². The number of nitrogens with two attached hydrogens (primary N) is 1. The Morgan fingerprint density at radius 2 is 1.88 bits per heavy atom. The zero-order valence-corrected chi connectivity index (χ0v) is 11.0. The van der Waals surface area contributed by atoms with Crippen molar-refractivity contribution in [1.82, 2.24) is 14.9 Å². The predicted molar refractivity (Wildman–Crippen MR) is 70.4 cm³/mol. The van der Waals surface area contributed by atoms with Crippen LogP contribution >= 0.6 is 11.6 Å². The molecule has 6 heteroatoms. The zero-order chi connectivity index (χ0) is 12.4. The van der Waals surface area contributed by atoms with Crippen LogP contribution in [0.3, 0.4) is 0 Å². The minimum absolute atomic E-state index is 0.335. The second kappa shape index (κ2) is 5.06. The van der Waals surface area contributed by atoms with E-state index < -0.39 is 0 Å². The van der Waals surface area contributed by atoms with E-state index in [-0.39, 0.29) is 0 Å². The lowest BCUT2D eigenvalue weighted by molar-refractivity contribution is 0.209. The third-order valence-electron chi connectivity index (χ3n) is 3.16. The van der Waals surface area contributed by atoms with Gasteiger partial charge in [0.1, 0.15) is 12.0 Å². The summed E-state index contributed by atoms with van der Waals surface area (Å²) in [6.45, 7) is 8.33. The molecule has 0 atom stereocenters. The van der Waals surface area contributed by atoms with Gasteiger partial charge in [0.25, 0.3) is 0 Å². The Kier molecular flexibility index (Phi) is 3.69. The van der Waals surface area contributed by atoms with E-state index in [0.717, 1.165) is 32.0 Å². The van der Waals surface area contributed by atoms with Gasteiger partial charge in [0, 0.05) is 32.2 Å². The maximum absolute atomic E-state index is 5.90. The molecule has 1 aliphatic heterocycles. The summed E-state index contributed by atoms with van der Waals surface area (Å²) in [6, 6.07) is 0.587. The Morgan fingerprint density at radius 1 is 1.24 bits per heavy atom. The van der Waals surface area contributed by atoms with Crippen molar-refractivity contribution < 1.29 is 0 Å². The number of anilines is 2. The van der Waals surface area contributed by atoms with Gasteiger partial charge < -0.3 is 10.6 Å². The van der Waals surface area contributed by atoms with Crippen molar-refractivity contribution in [1.29, 1.82) is 0 Å². The van der Waals surface area contributed by atoms with Crippen LogP contribution < -0.4 is 10.6 Å². The second-order valence-electron chi connectivity index (χ2n) is 4.52. The highest BCUT2D eigenvalue weighted by atomic mass is 35.5. The van der Waals surface area contributed by atoms with Crippen LogP contribution in [-0.2, 0) is 0 Å². The fraction of sp³-hybridized carbons (Fsp3) is 0.636. The van der Waals surface area contributed by atoms with Crippen LogP contribution in [-0.4, -0.2) is 47.1 Å². The van der Waals surface area contributed by atoms with Crippen LogP contribution in [0, 0.1) is 0 Å². The molecule has 0 aliphatic carbocycles. The molecule has 0 aromatic carbocycles. The largest absolute Gasteiger partial charge is 0.393 e. The number of piperazine rings is 1. The number of hydrogen-bond donors (Lipinski definition) is 1. The fourth-order valence-electron chi connectivity index (χ4n) is 2.07. The first-order valence-electron chi connectivity index (χ1n) is 5.84. The predicted octanol–water partition coefficient (Wildman–Crippen LogP) is 1.24. The number of nitrogen functional groups attached to an aromatic ring is 1. The number of halogens is 1. The molecule has 0 spiro atoms. The van der Waals surface area contributed by atoms with Gasteiger partial charge in [0.05, 0.1) is 0 Å². The van der Waals surface area contributed by atoms with E-state index in [2.05, 4.69) is 33.6 Å². The van der Waals surface area contributed by atoms with Crippen molar-refractivity contribution in [2.45, 2.75) is 19.9 Å². The molecule has 94 valence electrons. The minimum Gasteiger partial charge on any atom is -0.393 e. The van der Waals surface area contributed by atoms with Crippen molar-refractivity contribution >= 4 is 23.1 Å². The molecular formula is C11H18ClN5. The molecule has 0 unspecified atom stereocenters. The van der Waals surface area contributed by atoms with Crippen molar-refractivity contribution in [2.24, 2.45) is 0 Å². The van der Waals surface area contributed by atoms with E-state index in [1.54, 1.807) is 0 Å². The first kappa shape index (κ1) is 12.4. The molecular weight excluding hydrogens is 238 g/mol. The molecule has 0 saturated carbocycles. The van der Waals surface area contributed by atoms with Crippen LogP contribution in [0.15, 0.2) is 6.33 Å². The highest BCUT2D eigenvalue weighted by molar-refractivity contribution is 6.32. The van der Waals surface area contributed by atoms with Crippen molar-refractivity contribution in [3.63, 3.8) is 0 Å². The van der Waals surface area contributed by atoms with Crippen LogP contribution in [0.1, 0.15) is 13.8 Å². The standard InChI is InChI=1S/C11H18ClN5/c1-8(2)16-3-5-17(6-4-16)11-9(13)10(12)14-7-15-11/h7-8H,3-6,13H2,1-2H3. The lowest BCUT2D eigenvalue weighted by Gasteiger charge is -2.37. The quantitative estimate of drug-likeness (QED) is 0.806. The topological polar surface area (TPSA) is 58.3 Å². The van der Waals surface area contributed by atoms with Gasteiger partial charge in [0.15, 0.2) is 11.0 Å². The second-order valence-corrected chi connectivity index (χ2v) is 4.88. The van der Waals surface area contributed by atoms with Crippen LogP contribution in [0.4, 0.5) is 11.5 Å². The average molecular weight is 256 g/mol. The van der Waals surface area contributed by atoms with E-state index in [1.165, 1.54) is 6.33 Å². The summed E-state index contributed by atoms with van der Waals surface area (Å²) in [5.74, 6) is 0.758. The number of aromatic nitrogens is 2. The van der Waals surface area contributed by atoms with Gasteiger partial charge in [0.2, 0.25) is 0 Å². The summed E-state index contributed by atoms with van der Waals surface area (Å²) in [5.41, 5.74) is 6.37. The normalized spacial score (nSPS) is 17.8. The Labute approximate surface area is 107 Å². The lowest BCUT2D eigenvalue weighted by atomic mass is 10.2. The van der Waals surface area contributed by atoms with Gasteiger partial charge >= 0.3 is 0 Å². The monoisotopic (exact) mass is 255 g/mol. The maximum atomic E-state index is 5.90. The third kappa shape index (κ3) is 2.61. The molecule has 5 nitrogen and oxygen atoms in total. The SMILES string of the molecule is CC(C)N1CCN(c2ncnc(Cl)c2N)CC1. The Morgan fingerprint density at radius 3 is 2.47 bits per heavy atom. The maximum Gasteiger partial charge on any atom is 0.157 e. The van der Waals surface area contributed by atoms with Crippen molar-refractivity contribution in [3.8, 4) is 0 Å². The molecule has 1 saturated heterocycles. The highest BCUT2D eigenvalue weighted by Gasteiger charge is 2.21. The number of nitrogens with zero attached hydrogens (tertiary/aromatic N) is 4. The summed E-state index contributed by atoms with van der Waals surface area (Å²) in [7, 11) is 0. The van der Waals surface area contributed by atoms with Gasteiger partial charge in [-0.2, -0.15) is 0 Å². The smallest absolute Gasteiger partial charge is 0.157 e. The molecule has 1 aromatic rings. The van der Waals surface area contributed by atoms with E-state index in [4.69, 9.17) is 17.3 Å². The van der Waals surface area contributed by atoms with E-state index in [1.807, 2.05) is 0 Å². The van der Waals surface area contributed by atoms with Crippen molar-refractivity contribution in [2.75, 3.05) is 36.8 Å². The Bertz CT molecular complexity index is 387. The fourth-order valence-corrected chi connectivity index (χ4v) is 2.20. The Balaban J connectivity index is 2.08. The zero-order valence-electron chi connectivity index (χ0n) is 10.2. The van der Waals surface area contributed by atoms with Gasteiger partial charge in [-0.15, -0.1) is 0 Å². The molecule has 1 fully saturated rings. The molecule has 0 amide bonds. The average Bonchev–Trinajstić information content (AvgIpc) is 2.33. The highest BCUT2D eigenvalue weighted by Crippen LogP contribution is 2.26. The van der Waals surface area contributed by atoms with E-state index >= 15 is 0 Å². The Hall–Kier alpha value is -1.07. The molecule has 17 heavy (non-hydrogen) atoms. The summed E-state index contributed by atoms with van der Waals surface area (Å²) < 4.78 is 0. The van der Waals surface area contributed by atoms with E-state index in [9.17, 15) is 0 Å². The third-order valence-corrected chi connectivity index (χ3v) is 3.46. The molecule has 1 aromatic heterocycles. The summed E-state index contributed by atoms with van der Waals surface area (Å²) in [6.07, 6.45) is 1.46. The molecule has 2 rings (SSSR count). The summed E-state index contributed by atoms with van der Waals surface area (Å²) in [5, 5.41) is 0.335. The molecule has 2 heterocycles. The van der Waals surface area contributed by atoms with Gasteiger partial charge in [-0.05, 0) is 13.8 Å². The number of rotatable bonds is 2. The van der Waals surface area contributed by atoms with Gasteiger partial charge in [-0.1, -0.05) is 11.6 Å². The van der Waals surface area contributed by atoms with Crippen molar-refractivity contribution in [3.05, 3.63) is 11.5 Å². The van der Waals surface area contributed by atoms with Crippen LogP contribution in [0.2, 0.25) is 5.15 Å². The molecule has 2 N–H and O–H groups in total.